The lowest BCUT2D eigenvalue weighted by molar-refractivity contribution is 0.270. The molecule has 1 aromatic carbocycles. The first kappa shape index (κ1) is 14.7. The molecule has 0 saturated carbocycles. The van der Waals surface area contributed by atoms with Crippen LogP contribution in [0.3, 0.4) is 0 Å². The number of rotatable bonds is 5. The SMILES string of the molecule is CC(C)S(=O)(=O)c1ncc(CO)n1Cc1ccccc1. The van der Waals surface area contributed by atoms with Crippen LogP contribution in [0.2, 0.25) is 0 Å². The van der Waals surface area contributed by atoms with Crippen LogP contribution >= 0.6 is 0 Å². The highest BCUT2D eigenvalue weighted by atomic mass is 32.2. The molecule has 0 amide bonds. The lowest BCUT2D eigenvalue weighted by Gasteiger charge is -2.13. The van der Waals surface area contributed by atoms with E-state index < -0.39 is 15.1 Å². The van der Waals surface area contributed by atoms with Gasteiger partial charge in [-0.15, -0.1) is 0 Å². The van der Waals surface area contributed by atoms with Gasteiger partial charge in [-0.2, -0.15) is 0 Å². The molecule has 0 atom stereocenters. The highest BCUT2D eigenvalue weighted by Crippen LogP contribution is 2.18. The smallest absolute Gasteiger partial charge is 0.228 e. The Balaban J connectivity index is 2.49. The molecule has 1 heterocycles. The molecule has 1 aromatic heterocycles. The van der Waals surface area contributed by atoms with Crippen LogP contribution in [-0.2, 0) is 23.0 Å². The van der Waals surface area contributed by atoms with Crippen molar-refractivity contribution in [3.63, 3.8) is 0 Å². The maximum absolute atomic E-state index is 12.3. The van der Waals surface area contributed by atoms with E-state index in [0.717, 1.165) is 5.56 Å². The molecule has 0 bridgehead atoms. The fourth-order valence-electron chi connectivity index (χ4n) is 1.89. The monoisotopic (exact) mass is 294 g/mol. The maximum Gasteiger partial charge on any atom is 0.228 e. The Morgan fingerprint density at radius 2 is 1.90 bits per heavy atom. The summed E-state index contributed by atoms with van der Waals surface area (Å²) in [6, 6.07) is 9.50. The van der Waals surface area contributed by atoms with Gasteiger partial charge in [-0.3, -0.25) is 0 Å². The van der Waals surface area contributed by atoms with Gasteiger partial charge in [-0.25, -0.2) is 13.4 Å². The van der Waals surface area contributed by atoms with E-state index in [1.54, 1.807) is 18.4 Å². The molecule has 1 N–H and O–H groups in total. The fraction of sp³-hybridized carbons (Fsp3) is 0.357. The first-order valence-corrected chi connectivity index (χ1v) is 7.94. The predicted octanol–water partition coefficient (Wildman–Crippen LogP) is 1.61. The summed E-state index contributed by atoms with van der Waals surface area (Å²) in [5.41, 5.74) is 1.45. The Kier molecular flexibility index (Phi) is 4.25. The zero-order valence-electron chi connectivity index (χ0n) is 11.5. The minimum atomic E-state index is -3.48. The number of benzene rings is 1. The molecule has 2 aromatic rings. The van der Waals surface area contributed by atoms with E-state index in [1.165, 1.54) is 6.20 Å². The Morgan fingerprint density at radius 1 is 1.25 bits per heavy atom. The lowest BCUT2D eigenvalue weighted by atomic mass is 10.2. The average molecular weight is 294 g/mol. The van der Waals surface area contributed by atoms with Gasteiger partial charge in [-0.05, 0) is 19.4 Å². The summed E-state index contributed by atoms with van der Waals surface area (Å²) in [5.74, 6) is 0. The zero-order chi connectivity index (χ0) is 14.8. The van der Waals surface area contributed by atoms with Crippen molar-refractivity contribution < 1.29 is 13.5 Å². The fourth-order valence-corrected chi connectivity index (χ4v) is 3.00. The molecule has 0 aliphatic carbocycles. The molecule has 0 radical (unpaired) electrons. The third-order valence-corrected chi connectivity index (χ3v) is 5.20. The van der Waals surface area contributed by atoms with Crippen LogP contribution in [0.25, 0.3) is 0 Å². The third-order valence-electron chi connectivity index (χ3n) is 3.12. The molecule has 6 heteroatoms. The molecule has 0 spiro atoms. The highest BCUT2D eigenvalue weighted by molar-refractivity contribution is 7.91. The molecule has 0 aliphatic rings. The highest BCUT2D eigenvalue weighted by Gasteiger charge is 2.26. The topological polar surface area (TPSA) is 72.2 Å². The van der Waals surface area contributed by atoms with Crippen molar-refractivity contribution in [3.05, 3.63) is 47.8 Å². The van der Waals surface area contributed by atoms with Crippen molar-refractivity contribution in [1.82, 2.24) is 9.55 Å². The summed E-state index contributed by atoms with van der Waals surface area (Å²) in [5, 5.41) is 8.82. The van der Waals surface area contributed by atoms with Crippen LogP contribution < -0.4 is 0 Å². The lowest BCUT2D eigenvalue weighted by Crippen LogP contribution is -2.20. The number of aromatic nitrogens is 2. The number of nitrogens with zero attached hydrogens (tertiary/aromatic N) is 2. The van der Waals surface area contributed by atoms with E-state index in [4.69, 9.17) is 0 Å². The second kappa shape index (κ2) is 5.76. The molecular formula is C14H18N2O3S. The molecule has 2 rings (SSSR count). The minimum Gasteiger partial charge on any atom is -0.390 e. The van der Waals surface area contributed by atoms with Gasteiger partial charge in [0, 0.05) is 0 Å². The average Bonchev–Trinajstić information content (AvgIpc) is 2.83. The molecule has 0 unspecified atom stereocenters. The van der Waals surface area contributed by atoms with E-state index in [-0.39, 0.29) is 11.8 Å². The summed E-state index contributed by atoms with van der Waals surface area (Å²) in [6.07, 6.45) is 1.41. The van der Waals surface area contributed by atoms with E-state index in [9.17, 15) is 13.5 Å². The largest absolute Gasteiger partial charge is 0.390 e. The van der Waals surface area contributed by atoms with Crippen LogP contribution in [0.5, 0.6) is 0 Å². The van der Waals surface area contributed by atoms with Crippen LogP contribution in [-0.4, -0.2) is 28.3 Å². The quantitative estimate of drug-likeness (QED) is 0.909. The number of sulfone groups is 1. The van der Waals surface area contributed by atoms with Crippen molar-refractivity contribution in [3.8, 4) is 0 Å². The van der Waals surface area contributed by atoms with Crippen molar-refractivity contribution >= 4 is 9.84 Å². The van der Waals surface area contributed by atoms with Crippen molar-refractivity contribution in [2.24, 2.45) is 0 Å². The van der Waals surface area contributed by atoms with Gasteiger partial charge >= 0.3 is 0 Å². The summed E-state index contributed by atoms with van der Waals surface area (Å²) in [4.78, 5) is 3.99. The van der Waals surface area contributed by atoms with Gasteiger partial charge < -0.3 is 9.67 Å². The molecule has 5 nitrogen and oxygen atoms in total. The second-order valence-corrected chi connectivity index (χ2v) is 7.25. The van der Waals surface area contributed by atoms with Crippen LogP contribution in [0.4, 0.5) is 0 Å². The van der Waals surface area contributed by atoms with Crippen molar-refractivity contribution in [2.75, 3.05) is 0 Å². The number of imidazole rings is 1. The summed E-state index contributed by atoms with van der Waals surface area (Å²) < 4.78 is 26.2. The minimum absolute atomic E-state index is 0.0143. The first-order chi connectivity index (χ1) is 9.46. The molecular weight excluding hydrogens is 276 g/mol. The zero-order valence-corrected chi connectivity index (χ0v) is 12.3. The van der Waals surface area contributed by atoms with Crippen LogP contribution in [0.15, 0.2) is 41.7 Å². The van der Waals surface area contributed by atoms with E-state index >= 15 is 0 Å². The third kappa shape index (κ3) is 2.76. The van der Waals surface area contributed by atoms with E-state index in [0.29, 0.717) is 12.2 Å². The van der Waals surface area contributed by atoms with Gasteiger partial charge in [0.2, 0.25) is 15.0 Å². The Bertz CT molecular complexity index is 676. The molecule has 0 fully saturated rings. The van der Waals surface area contributed by atoms with Gasteiger partial charge in [0.05, 0.1) is 30.3 Å². The Morgan fingerprint density at radius 3 is 2.45 bits per heavy atom. The van der Waals surface area contributed by atoms with Crippen molar-refractivity contribution in [1.29, 1.82) is 0 Å². The Hall–Kier alpha value is -1.66. The van der Waals surface area contributed by atoms with Crippen LogP contribution in [0, 0.1) is 0 Å². The van der Waals surface area contributed by atoms with Gasteiger partial charge in [-0.1, -0.05) is 30.3 Å². The van der Waals surface area contributed by atoms with Crippen LogP contribution in [0.1, 0.15) is 25.1 Å². The standard InChI is InChI=1S/C14H18N2O3S/c1-11(2)20(18,19)14-15-8-13(10-17)16(14)9-12-6-4-3-5-7-12/h3-8,11,17H,9-10H2,1-2H3. The second-order valence-electron chi connectivity index (χ2n) is 4.86. The summed E-state index contributed by atoms with van der Waals surface area (Å²) >= 11 is 0. The van der Waals surface area contributed by atoms with Gasteiger partial charge in [0.25, 0.3) is 0 Å². The van der Waals surface area contributed by atoms with E-state index in [2.05, 4.69) is 4.98 Å². The number of hydrogen-bond acceptors (Lipinski definition) is 4. The van der Waals surface area contributed by atoms with E-state index in [1.807, 2.05) is 30.3 Å². The molecule has 0 saturated heterocycles. The van der Waals surface area contributed by atoms with Gasteiger partial charge in [0.1, 0.15) is 0 Å². The summed E-state index contributed by atoms with van der Waals surface area (Å²) in [7, 11) is -3.48. The van der Waals surface area contributed by atoms with Gasteiger partial charge in [0.15, 0.2) is 0 Å². The predicted molar refractivity (Wildman–Crippen MR) is 76.0 cm³/mol. The number of aliphatic hydroxyl groups excluding tert-OH is 1. The first-order valence-electron chi connectivity index (χ1n) is 6.40. The number of hydrogen-bond donors (Lipinski definition) is 1. The Labute approximate surface area is 118 Å². The maximum atomic E-state index is 12.3. The normalized spacial score (nSPS) is 12.0. The molecule has 0 aliphatic heterocycles. The molecule has 108 valence electrons. The number of aliphatic hydroxyl groups is 1. The molecule has 20 heavy (non-hydrogen) atoms. The van der Waals surface area contributed by atoms with Crippen molar-refractivity contribution in [2.45, 2.75) is 37.4 Å². The summed E-state index contributed by atoms with van der Waals surface area (Å²) in [6.45, 7) is 3.37.